The molecule has 23 heavy (non-hydrogen) atoms. The maximum absolute atomic E-state index is 11.8. The van der Waals surface area contributed by atoms with E-state index in [4.69, 9.17) is 0 Å². The number of hydrogen-bond acceptors (Lipinski definition) is 3. The minimum atomic E-state index is 0.0788. The van der Waals surface area contributed by atoms with Crippen LogP contribution in [0, 0.1) is 0 Å². The number of aromatic nitrogens is 2. The van der Waals surface area contributed by atoms with Crippen molar-refractivity contribution in [2.75, 3.05) is 0 Å². The lowest BCUT2D eigenvalue weighted by molar-refractivity contribution is 0.101. The Bertz CT molecular complexity index is 739. The van der Waals surface area contributed by atoms with Gasteiger partial charge < -0.3 is 0 Å². The average molecular weight is 302 g/mol. The normalized spacial score (nSPS) is 10.5. The average Bonchev–Trinajstić information content (AvgIpc) is 2.56. The lowest BCUT2D eigenvalue weighted by Gasteiger charge is -2.08. The van der Waals surface area contributed by atoms with Crippen LogP contribution in [0.25, 0.3) is 0 Å². The molecule has 1 aromatic carbocycles. The fourth-order valence-electron chi connectivity index (χ4n) is 2.59. The van der Waals surface area contributed by atoms with E-state index in [0.717, 1.165) is 40.9 Å². The monoisotopic (exact) mass is 302 g/mol. The molecule has 0 aliphatic carbocycles. The molecule has 0 aliphatic heterocycles. The molecule has 0 saturated heterocycles. The Hall–Kier alpha value is -2.81. The quantitative estimate of drug-likeness (QED) is 0.672. The van der Waals surface area contributed by atoms with Gasteiger partial charge in [-0.25, -0.2) is 0 Å². The lowest BCUT2D eigenvalue weighted by Crippen LogP contribution is -2.01. The summed E-state index contributed by atoms with van der Waals surface area (Å²) in [6, 6.07) is 17.8. The molecular weight excluding hydrogens is 284 g/mol. The Labute approximate surface area is 136 Å². The van der Waals surface area contributed by atoms with E-state index >= 15 is 0 Å². The van der Waals surface area contributed by atoms with Crippen LogP contribution in [0.4, 0.5) is 0 Å². The molecule has 3 nitrogen and oxygen atoms in total. The second-order valence-electron chi connectivity index (χ2n) is 5.59. The molecule has 2 heterocycles. The van der Waals surface area contributed by atoms with E-state index in [9.17, 15) is 4.79 Å². The molecule has 0 N–H and O–H groups in total. The van der Waals surface area contributed by atoms with Gasteiger partial charge in [-0.3, -0.25) is 14.8 Å². The van der Waals surface area contributed by atoms with Crippen molar-refractivity contribution in [2.45, 2.75) is 19.8 Å². The highest BCUT2D eigenvalue weighted by molar-refractivity contribution is 5.94. The van der Waals surface area contributed by atoms with Gasteiger partial charge in [0.15, 0.2) is 5.78 Å². The smallest absolute Gasteiger partial charge is 0.159 e. The fraction of sp³-hybridized carbons (Fsp3) is 0.150. The zero-order chi connectivity index (χ0) is 16.1. The summed E-state index contributed by atoms with van der Waals surface area (Å²) in [5.41, 5.74) is 4.93. The van der Waals surface area contributed by atoms with Gasteiger partial charge in [-0.15, -0.1) is 0 Å². The van der Waals surface area contributed by atoms with Gasteiger partial charge in [0.25, 0.3) is 0 Å². The second kappa shape index (κ2) is 6.97. The first-order chi connectivity index (χ1) is 11.2. The molecule has 0 spiro atoms. The summed E-state index contributed by atoms with van der Waals surface area (Å²) >= 11 is 0. The van der Waals surface area contributed by atoms with Crippen LogP contribution in [-0.4, -0.2) is 15.8 Å². The van der Waals surface area contributed by atoms with Crippen LogP contribution in [0.15, 0.2) is 67.0 Å². The zero-order valence-electron chi connectivity index (χ0n) is 13.1. The number of ketones is 1. The highest BCUT2D eigenvalue weighted by Gasteiger charge is 2.07. The highest BCUT2D eigenvalue weighted by Crippen LogP contribution is 2.17. The van der Waals surface area contributed by atoms with Crippen molar-refractivity contribution in [3.05, 3.63) is 95.1 Å². The molecule has 3 heteroatoms. The van der Waals surface area contributed by atoms with Crippen molar-refractivity contribution < 1.29 is 4.79 Å². The summed E-state index contributed by atoms with van der Waals surface area (Å²) in [7, 11) is 0. The first-order valence-corrected chi connectivity index (χ1v) is 7.64. The molecular formula is C20H18N2O. The van der Waals surface area contributed by atoms with Crippen molar-refractivity contribution in [3.8, 4) is 0 Å². The van der Waals surface area contributed by atoms with Crippen LogP contribution in [0.5, 0.6) is 0 Å². The Balaban J connectivity index is 1.91. The van der Waals surface area contributed by atoms with E-state index in [1.165, 1.54) is 0 Å². The van der Waals surface area contributed by atoms with Crippen LogP contribution < -0.4 is 0 Å². The largest absolute Gasteiger partial charge is 0.295 e. The molecule has 3 rings (SSSR count). The Morgan fingerprint density at radius 2 is 1.35 bits per heavy atom. The van der Waals surface area contributed by atoms with Gasteiger partial charge in [0.2, 0.25) is 0 Å². The van der Waals surface area contributed by atoms with Crippen molar-refractivity contribution in [1.82, 2.24) is 9.97 Å². The minimum Gasteiger partial charge on any atom is -0.295 e. The van der Waals surface area contributed by atoms with Crippen LogP contribution in [0.1, 0.15) is 39.8 Å². The van der Waals surface area contributed by atoms with Crippen LogP contribution >= 0.6 is 0 Å². The van der Waals surface area contributed by atoms with Gasteiger partial charge in [-0.2, -0.15) is 0 Å². The van der Waals surface area contributed by atoms with E-state index in [1.54, 1.807) is 19.3 Å². The van der Waals surface area contributed by atoms with Crippen molar-refractivity contribution in [2.24, 2.45) is 0 Å². The number of benzene rings is 1. The van der Waals surface area contributed by atoms with Gasteiger partial charge in [0.1, 0.15) is 0 Å². The summed E-state index contributed by atoms with van der Waals surface area (Å²) in [5.74, 6) is 0.0788. The van der Waals surface area contributed by atoms with Crippen molar-refractivity contribution in [1.29, 1.82) is 0 Å². The van der Waals surface area contributed by atoms with Crippen molar-refractivity contribution in [3.63, 3.8) is 0 Å². The molecule has 0 fully saturated rings. The number of nitrogens with zero attached hydrogens (tertiary/aromatic N) is 2. The molecule has 0 unspecified atom stereocenters. The predicted octanol–water partition coefficient (Wildman–Crippen LogP) is 3.86. The first-order valence-electron chi connectivity index (χ1n) is 7.64. The molecule has 114 valence electrons. The number of carbonyl (C=O) groups is 1. The summed E-state index contributed by atoms with van der Waals surface area (Å²) < 4.78 is 0. The maximum atomic E-state index is 11.8. The third kappa shape index (κ3) is 4.10. The van der Waals surface area contributed by atoms with E-state index in [2.05, 4.69) is 16.0 Å². The van der Waals surface area contributed by atoms with Gasteiger partial charge in [0, 0.05) is 42.2 Å². The van der Waals surface area contributed by atoms with Crippen molar-refractivity contribution >= 4 is 5.78 Å². The van der Waals surface area contributed by atoms with Crippen LogP contribution in [-0.2, 0) is 12.8 Å². The molecule has 0 saturated carbocycles. The van der Waals surface area contributed by atoms with E-state index < -0.39 is 0 Å². The third-order valence-corrected chi connectivity index (χ3v) is 3.68. The number of hydrogen-bond donors (Lipinski definition) is 0. The summed E-state index contributed by atoms with van der Waals surface area (Å²) in [6.07, 6.45) is 5.02. The van der Waals surface area contributed by atoms with Crippen LogP contribution in [0.3, 0.4) is 0 Å². The number of carbonyl (C=O) groups excluding carboxylic acids is 1. The number of rotatable bonds is 5. The van der Waals surface area contributed by atoms with Gasteiger partial charge in [-0.05, 0) is 54.4 Å². The fourth-order valence-corrected chi connectivity index (χ4v) is 2.59. The third-order valence-electron chi connectivity index (χ3n) is 3.68. The molecule has 3 aromatic rings. The topological polar surface area (TPSA) is 42.9 Å². The summed E-state index contributed by atoms with van der Waals surface area (Å²) in [5, 5.41) is 0. The molecule has 0 bridgehead atoms. The van der Waals surface area contributed by atoms with E-state index in [-0.39, 0.29) is 5.78 Å². The molecule has 0 aliphatic rings. The number of pyridine rings is 2. The van der Waals surface area contributed by atoms with E-state index in [1.807, 2.05) is 48.5 Å². The first kappa shape index (κ1) is 15.1. The summed E-state index contributed by atoms with van der Waals surface area (Å²) in [6.45, 7) is 1.60. The molecule has 0 amide bonds. The highest BCUT2D eigenvalue weighted by atomic mass is 16.1. The number of Topliss-reactive ketones (excluding diaryl/α,β-unsaturated/α-hetero) is 1. The molecule has 0 atom stereocenters. The van der Waals surface area contributed by atoms with Gasteiger partial charge >= 0.3 is 0 Å². The zero-order valence-corrected chi connectivity index (χ0v) is 13.1. The minimum absolute atomic E-state index is 0.0788. The maximum Gasteiger partial charge on any atom is 0.159 e. The molecule has 0 radical (unpaired) electrons. The summed E-state index contributed by atoms with van der Waals surface area (Å²) in [4.78, 5) is 20.6. The Morgan fingerprint density at radius 3 is 1.74 bits per heavy atom. The van der Waals surface area contributed by atoms with Gasteiger partial charge in [-0.1, -0.05) is 18.2 Å². The SMILES string of the molecule is CC(=O)c1cc(Cc2ccccn2)cc(Cc2ccccn2)c1. The standard InChI is InChI=1S/C20H18N2O/c1-15(23)18-11-16(13-19-6-2-4-8-21-19)10-17(12-18)14-20-7-3-5-9-22-20/h2-12H,13-14H2,1H3. The Morgan fingerprint density at radius 1 is 0.826 bits per heavy atom. The molecule has 2 aromatic heterocycles. The second-order valence-corrected chi connectivity index (χ2v) is 5.59. The van der Waals surface area contributed by atoms with Gasteiger partial charge in [0.05, 0.1) is 0 Å². The lowest BCUT2D eigenvalue weighted by atomic mass is 9.98. The van der Waals surface area contributed by atoms with E-state index in [0.29, 0.717) is 0 Å². The Kier molecular flexibility index (Phi) is 4.57. The predicted molar refractivity (Wildman–Crippen MR) is 90.5 cm³/mol. The van der Waals surface area contributed by atoms with Crippen LogP contribution in [0.2, 0.25) is 0 Å².